The molecule has 160 valence electrons. The first-order valence-electron chi connectivity index (χ1n) is 9.18. The van der Waals surface area contributed by atoms with E-state index in [0.29, 0.717) is 18.7 Å². The van der Waals surface area contributed by atoms with E-state index in [1.54, 1.807) is 12.3 Å². The van der Waals surface area contributed by atoms with Crippen LogP contribution in [0.25, 0.3) is 0 Å². The predicted molar refractivity (Wildman–Crippen MR) is 123 cm³/mol. The lowest BCUT2D eigenvalue weighted by molar-refractivity contribution is -0.117. The van der Waals surface area contributed by atoms with Crippen molar-refractivity contribution >= 4 is 59.3 Å². The van der Waals surface area contributed by atoms with Gasteiger partial charge in [0.25, 0.3) is 5.91 Å². The molecule has 1 fully saturated rings. The predicted octanol–water partition coefficient (Wildman–Crippen LogP) is 2.85. The average Bonchev–Trinajstić information content (AvgIpc) is 3.34. The molecule has 1 saturated heterocycles. The van der Waals surface area contributed by atoms with Crippen molar-refractivity contribution in [2.75, 3.05) is 29.9 Å². The smallest absolute Gasteiger partial charge is 0.271 e. The van der Waals surface area contributed by atoms with Gasteiger partial charge in [-0.3, -0.25) is 9.59 Å². The van der Waals surface area contributed by atoms with Gasteiger partial charge in [0.05, 0.1) is 5.01 Å². The number of aromatic nitrogens is 1. The van der Waals surface area contributed by atoms with Crippen LogP contribution in [0.5, 0.6) is 0 Å². The zero-order chi connectivity index (χ0) is 19.2. The minimum absolute atomic E-state index is 0. The van der Waals surface area contributed by atoms with Crippen molar-refractivity contribution in [3.63, 3.8) is 0 Å². The SMILES string of the molecule is CC(NC(=O)c1csc(CCN)n1)C(=O)Nc1cccc(N2CCCC2)c1.Cl.Cl. The number of amides is 2. The van der Waals surface area contributed by atoms with Crippen molar-refractivity contribution in [3.05, 3.63) is 40.3 Å². The number of hydrogen-bond acceptors (Lipinski definition) is 6. The molecule has 1 aliphatic rings. The summed E-state index contributed by atoms with van der Waals surface area (Å²) in [7, 11) is 0. The third-order valence-corrected chi connectivity index (χ3v) is 5.38. The second-order valence-corrected chi connectivity index (χ2v) is 7.54. The van der Waals surface area contributed by atoms with Crippen molar-refractivity contribution in [1.82, 2.24) is 10.3 Å². The maximum Gasteiger partial charge on any atom is 0.271 e. The van der Waals surface area contributed by atoms with E-state index in [1.807, 2.05) is 24.3 Å². The van der Waals surface area contributed by atoms with Gasteiger partial charge < -0.3 is 21.3 Å². The quantitative estimate of drug-likeness (QED) is 0.590. The van der Waals surface area contributed by atoms with E-state index in [0.717, 1.165) is 29.5 Å². The number of rotatable bonds is 7. The second kappa shape index (κ2) is 12.0. The monoisotopic (exact) mass is 459 g/mol. The molecule has 0 saturated carbocycles. The summed E-state index contributed by atoms with van der Waals surface area (Å²) >= 11 is 1.40. The normalized spacial score (nSPS) is 13.8. The molecule has 2 heterocycles. The average molecular weight is 460 g/mol. The molecule has 1 atom stereocenters. The molecule has 1 aromatic heterocycles. The minimum atomic E-state index is -0.674. The Morgan fingerprint density at radius 3 is 2.69 bits per heavy atom. The molecule has 4 N–H and O–H groups in total. The van der Waals surface area contributed by atoms with E-state index in [4.69, 9.17) is 5.73 Å². The number of carbonyl (C=O) groups excluding carboxylic acids is 2. The van der Waals surface area contributed by atoms with E-state index >= 15 is 0 Å². The van der Waals surface area contributed by atoms with Crippen molar-refractivity contribution in [2.24, 2.45) is 5.73 Å². The Morgan fingerprint density at radius 1 is 1.28 bits per heavy atom. The Morgan fingerprint density at radius 2 is 2.00 bits per heavy atom. The molecule has 1 aromatic carbocycles. The fraction of sp³-hybridized carbons (Fsp3) is 0.421. The van der Waals surface area contributed by atoms with Crippen LogP contribution in [-0.2, 0) is 11.2 Å². The highest BCUT2D eigenvalue weighted by molar-refractivity contribution is 7.09. The van der Waals surface area contributed by atoms with Gasteiger partial charge in [-0.05, 0) is 44.5 Å². The number of benzene rings is 1. The van der Waals surface area contributed by atoms with Gasteiger partial charge in [-0.15, -0.1) is 36.2 Å². The molecule has 10 heteroatoms. The number of thiazole rings is 1. The van der Waals surface area contributed by atoms with Gasteiger partial charge in [0.1, 0.15) is 11.7 Å². The van der Waals surface area contributed by atoms with E-state index in [2.05, 4.69) is 20.5 Å². The Balaban J connectivity index is 0.00000210. The van der Waals surface area contributed by atoms with E-state index in [1.165, 1.54) is 24.2 Å². The van der Waals surface area contributed by atoms with Crippen molar-refractivity contribution in [3.8, 4) is 0 Å². The first kappa shape index (κ1) is 25.2. The molecule has 7 nitrogen and oxygen atoms in total. The third-order valence-electron chi connectivity index (χ3n) is 4.47. The molecule has 0 aliphatic carbocycles. The highest BCUT2D eigenvalue weighted by Gasteiger charge is 2.19. The lowest BCUT2D eigenvalue weighted by Gasteiger charge is -2.19. The molecular formula is C19H27Cl2N5O2S. The van der Waals surface area contributed by atoms with Crippen LogP contribution in [0.15, 0.2) is 29.6 Å². The number of carbonyl (C=O) groups is 2. The molecule has 2 aromatic rings. The van der Waals surface area contributed by atoms with Gasteiger partial charge in [-0.2, -0.15) is 0 Å². The largest absolute Gasteiger partial charge is 0.371 e. The van der Waals surface area contributed by atoms with Crippen LogP contribution < -0.4 is 21.3 Å². The highest BCUT2D eigenvalue weighted by atomic mass is 35.5. The fourth-order valence-electron chi connectivity index (χ4n) is 3.00. The molecule has 0 radical (unpaired) electrons. The second-order valence-electron chi connectivity index (χ2n) is 6.59. The Bertz CT molecular complexity index is 811. The van der Waals surface area contributed by atoms with E-state index in [-0.39, 0.29) is 36.6 Å². The zero-order valence-corrected chi connectivity index (χ0v) is 18.7. The Hall–Kier alpha value is -1.87. The number of halogens is 2. The van der Waals surface area contributed by atoms with Crippen LogP contribution >= 0.6 is 36.2 Å². The number of nitrogens with two attached hydrogens (primary N) is 1. The number of anilines is 2. The summed E-state index contributed by atoms with van der Waals surface area (Å²) in [5.74, 6) is -0.623. The summed E-state index contributed by atoms with van der Waals surface area (Å²) in [4.78, 5) is 31.3. The van der Waals surface area contributed by atoms with Crippen molar-refractivity contribution in [1.29, 1.82) is 0 Å². The van der Waals surface area contributed by atoms with Crippen LogP contribution in [0.4, 0.5) is 11.4 Å². The highest BCUT2D eigenvalue weighted by Crippen LogP contribution is 2.23. The zero-order valence-electron chi connectivity index (χ0n) is 16.2. The van der Waals surface area contributed by atoms with Gasteiger partial charge in [0.15, 0.2) is 0 Å². The Labute approximate surface area is 187 Å². The topological polar surface area (TPSA) is 100 Å². The van der Waals surface area contributed by atoms with Gasteiger partial charge >= 0.3 is 0 Å². The summed E-state index contributed by atoms with van der Waals surface area (Å²) in [6.07, 6.45) is 3.04. The first-order valence-corrected chi connectivity index (χ1v) is 10.1. The number of hydrogen-bond donors (Lipinski definition) is 3. The fourth-order valence-corrected chi connectivity index (χ4v) is 3.79. The number of nitrogens with zero attached hydrogens (tertiary/aromatic N) is 2. The molecular weight excluding hydrogens is 433 g/mol. The van der Waals surface area contributed by atoms with Crippen LogP contribution in [0, 0.1) is 0 Å². The first-order chi connectivity index (χ1) is 13.1. The molecule has 2 amide bonds. The standard InChI is InChI=1S/C19H25N5O2S.2ClH/c1-13(21-19(26)16-12-27-17(23-16)7-8-20)18(25)22-14-5-4-6-15(11-14)24-9-2-3-10-24;;/h4-6,11-13H,2-3,7-10,20H2,1H3,(H,21,26)(H,22,25);2*1H. The van der Waals surface area contributed by atoms with Crippen molar-refractivity contribution in [2.45, 2.75) is 32.2 Å². The maximum atomic E-state index is 12.4. The van der Waals surface area contributed by atoms with E-state index in [9.17, 15) is 9.59 Å². The molecule has 1 aliphatic heterocycles. The Kier molecular flexibility index (Phi) is 10.4. The summed E-state index contributed by atoms with van der Waals surface area (Å²) < 4.78 is 0. The minimum Gasteiger partial charge on any atom is -0.371 e. The molecule has 0 spiro atoms. The molecule has 29 heavy (non-hydrogen) atoms. The third kappa shape index (κ3) is 6.85. The maximum absolute atomic E-state index is 12.4. The summed E-state index contributed by atoms with van der Waals surface area (Å²) in [5, 5.41) is 8.07. The molecule has 3 rings (SSSR count). The van der Waals surface area contributed by atoms with Crippen molar-refractivity contribution < 1.29 is 9.59 Å². The number of nitrogens with one attached hydrogen (secondary N) is 2. The summed E-state index contributed by atoms with van der Waals surface area (Å²) in [5.41, 5.74) is 7.65. The van der Waals surface area contributed by atoms with Gasteiger partial charge in [-0.25, -0.2) is 4.98 Å². The summed E-state index contributed by atoms with van der Waals surface area (Å²) in [6, 6.07) is 7.13. The van der Waals surface area contributed by atoms with Gasteiger partial charge in [0.2, 0.25) is 5.91 Å². The molecule has 0 bridgehead atoms. The van der Waals surface area contributed by atoms with Crippen LogP contribution in [0.1, 0.15) is 35.3 Å². The van der Waals surface area contributed by atoms with Crippen LogP contribution in [-0.4, -0.2) is 42.5 Å². The summed E-state index contributed by atoms with van der Waals surface area (Å²) in [6.45, 7) is 4.24. The van der Waals surface area contributed by atoms with E-state index < -0.39 is 6.04 Å². The lowest BCUT2D eigenvalue weighted by Crippen LogP contribution is -2.41. The van der Waals surface area contributed by atoms with Gasteiger partial charge in [-0.1, -0.05) is 6.07 Å². The van der Waals surface area contributed by atoms with Crippen LogP contribution in [0.2, 0.25) is 0 Å². The lowest BCUT2D eigenvalue weighted by atomic mass is 10.2. The van der Waals surface area contributed by atoms with Crippen LogP contribution in [0.3, 0.4) is 0 Å². The molecule has 1 unspecified atom stereocenters. The van der Waals surface area contributed by atoms with Gasteiger partial charge in [0, 0.05) is 36.3 Å².